The molecule has 5 atom stereocenters. The first-order valence-corrected chi connectivity index (χ1v) is 15.9. The smallest absolute Gasteiger partial charge is 0.254 e. The number of hydrogen-bond acceptors (Lipinski definition) is 5. The number of aromatic nitrogens is 4. The molecule has 0 spiro atoms. The third-order valence-electron chi connectivity index (χ3n) is 9.67. The first-order chi connectivity index (χ1) is 19.0. The largest absolute Gasteiger partial charge is 0.494 e. The number of carbonyl (C=O) groups excluding carboxylic acids is 1. The number of pyridine rings is 1. The highest BCUT2D eigenvalue weighted by Gasteiger charge is 2.61. The van der Waals surface area contributed by atoms with Gasteiger partial charge in [0.15, 0.2) is 5.82 Å². The second-order valence-electron chi connectivity index (χ2n) is 12.0. The van der Waals surface area contributed by atoms with Gasteiger partial charge in [0.05, 0.1) is 18.3 Å². The van der Waals surface area contributed by atoms with Crippen LogP contribution in [-0.2, 0) is 23.9 Å². The molecule has 8 rings (SSSR count). The predicted octanol–water partition coefficient (Wildman–Crippen LogP) is 4.33. The fourth-order valence-corrected chi connectivity index (χ4v) is 7.96. The van der Waals surface area contributed by atoms with Gasteiger partial charge in [0.2, 0.25) is 0 Å². The second-order valence-corrected chi connectivity index (χ2v) is 13.6. The van der Waals surface area contributed by atoms with Gasteiger partial charge >= 0.3 is 0 Å². The molecule has 9 heteroatoms. The van der Waals surface area contributed by atoms with Crippen molar-refractivity contribution in [3.05, 3.63) is 42.1 Å². The van der Waals surface area contributed by atoms with E-state index >= 15 is 0 Å². The molecule has 39 heavy (non-hydrogen) atoms. The molecule has 1 amide bonds. The molecule has 3 aromatic heterocycles. The Morgan fingerprint density at radius 3 is 2.77 bits per heavy atom. The van der Waals surface area contributed by atoms with E-state index in [4.69, 9.17) is 14.7 Å². The molecule has 1 aromatic carbocycles. The topological polar surface area (TPSA) is 82.2 Å². The third kappa shape index (κ3) is 3.61. The van der Waals surface area contributed by atoms with Crippen LogP contribution in [0, 0.1) is 23.7 Å². The Bertz CT molecular complexity index is 1670. The van der Waals surface area contributed by atoms with Crippen molar-refractivity contribution >= 4 is 38.8 Å². The van der Waals surface area contributed by atoms with Crippen LogP contribution in [0.4, 0.5) is 0 Å². The maximum atomic E-state index is 13.8. The van der Waals surface area contributed by atoms with Crippen molar-refractivity contribution in [3.8, 4) is 17.3 Å². The van der Waals surface area contributed by atoms with Gasteiger partial charge in [0.25, 0.3) is 5.91 Å². The van der Waals surface area contributed by atoms with E-state index in [-0.39, 0.29) is 5.91 Å². The van der Waals surface area contributed by atoms with Crippen LogP contribution >= 0.6 is 0 Å². The minimum absolute atomic E-state index is 0.0888. The highest BCUT2D eigenvalue weighted by atomic mass is 32.2. The summed E-state index contributed by atoms with van der Waals surface area (Å²) in [5.74, 6) is 4.94. The molecule has 202 valence electrons. The molecule has 4 fully saturated rings. The summed E-state index contributed by atoms with van der Waals surface area (Å²) < 4.78 is 22.5. The number of likely N-dealkylation sites (tertiary alicyclic amines) is 1. The van der Waals surface area contributed by atoms with Crippen molar-refractivity contribution in [2.75, 3.05) is 25.7 Å². The van der Waals surface area contributed by atoms with Gasteiger partial charge in [-0.3, -0.25) is 9.00 Å². The van der Waals surface area contributed by atoms with Crippen molar-refractivity contribution < 1.29 is 13.7 Å². The Kier molecular flexibility index (Phi) is 5.25. The number of benzene rings is 1. The molecule has 4 heterocycles. The van der Waals surface area contributed by atoms with Gasteiger partial charge in [0.1, 0.15) is 16.9 Å². The second kappa shape index (κ2) is 8.65. The molecular formula is C30H33N5O3S. The zero-order valence-electron chi connectivity index (χ0n) is 22.4. The van der Waals surface area contributed by atoms with Crippen LogP contribution in [0.3, 0.4) is 0 Å². The van der Waals surface area contributed by atoms with Crippen molar-refractivity contribution in [2.45, 2.75) is 44.8 Å². The number of fused-ring (bicyclic) bond motifs is 2. The number of ether oxygens (including phenoxy) is 1. The maximum Gasteiger partial charge on any atom is 0.254 e. The monoisotopic (exact) mass is 543 g/mol. The van der Waals surface area contributed by atoms with Crippen LogP contribution in [0.2, 0.25) is 0 Å². The Balaban J connectivity index is 1.28. The standard InChI is InChI=1S/C30H33N5O3S/c1-38-25-14-20(30(36)35-16-21-10-19-13-23(35)26(19)21)11-22-27(25)33(8-9-39(2)37)29(32-22)24-12-18-4-3-7-31-28(18)34(24)15-17-5-6-17/h3-4,7,11-12,14,17,19,21,23,26H,5-6,8-10,13,15-16H2,1-2H3/t19?,21-,23-,26-,39-/m1/s1. The molecule has 3 aliphatic carbocycles. The van der Waals surface area contributed by atoms with Crippen LogP contribution in [0.25, 0.3) is 33.6 Å². The number of nitrogens with zero attached hydrogens (tertiary/aromatic N) is 5. The van der Waals surface area contributed by atoms with Gasteiger partial charge in [-0.15, -0.1) is 0 Å². The van der Waals surface area contributed by atoms with E-state index in [0.29, 0.717) is 41.5 Å². The summed E-state index contributed by atoms with van der Waals surface area (Å²) in [6.07, 6.45) is 8.47. The van der Waals surface area contributed by atoms with Gasteiger partial charge in [-0.2, -0.15) is 0 Å². The summed E-state index contributed by atoms with van der Waals surface area (Å²) in [5.41, 5.74) is 4.18. The molecule has 1 saturated heterocycles. The highest BCUT2D eigenvalue weighted by Crippen LogP contribution is 2.60. The van der Waals surface area contributed by atoms with Crippen molar-refractivity contribution in [1.82, 2.24) is 24.0 Å². The number of carbonyl (C=O) groups is 1. The van der Waals surface area contributed by atoms with Crippen molar-refractivity contribution in [1.29, 1.82) is 0 Å². The number of hydrogen-bond donors (Lipinski definition) is 0. The first-order valence-electron chi connectivity index (χ1n) is 14.1. The predicted molar refractivity (Wildman–Crippen MR) is 151 cm³/mol. The molecule has 1 unspecified atom stereocenters. The summed E-state index contributed by atoms with van der Waals surface area (Å²) in [6, 6.07) is 10.4. The Labute approximate surface area is 229 Å². The van der Waals surface area contributed by atoms with Gasteiger partial charge in [-0.1, -0.05) is 0 Å². The molecule has 3 saturated carbocycles. The molecule has 4 aromatic rings. The quantitative estimate of drug-likeness (QED) is 0.330. The third-order valence-corrected chi connectivity index (χ3v) is 10.4. The van der Waals surface area contributed by atoms with Gasteiger partial charge in [-0.05, 0) is 79.7 Å². The Hall–Kier alpha value is -3.20. The van der Waals surface area contributed by atoms with Crippen LogP contribution in [0.5, 0.6) is 5.75 Å². The average molecular weight is 544 g/mol. The minimum atomic E-state index is -0.969. The van der Waals surface area contributed by atoms with Gasteiger partial charge < -0.3 is 18.8 Å². The van der Waals surface area contributed by atoms with Crippen molar-refractivity contribution in [2.24, 2.45) is 23.7 Å². The van der Waals surface area contributed by atoms with E-state index in [9.17, 15) is 9.00 Å². The summed E-state index contributed by atoms with van der Waals surface area (Å²) in [5, 5.41) is 1.08. The molecule has 4 aliphatic rings. The zero-order valence-corrected chi connectivity index (χ0v) is 23.2. The number of aryl methyl sites for hydroxylation is 1. The van der Waals surface area contributed by atoms with E-state index in [1.54, 1.807) is 13.4 Å². The normalized spacial score (nSPS) is 25.9. The first kappa shape index (κ1) is 23.7. The summed E-state index contributed by atoms with van der Waals surface area (Å²) in [4.78, 5) is 25.8. The van der Waals surface area contributed by atoms with Crippen LogP contribution in [-0.4, -0.2) is 65.8 Å². The van der Waals surface area contributed by atoms with Crippen LogP contribution in [0.15, 0.2) is 36.5 Å². The van der Waals surface area contributed by atoms with Gasteiger partial charge in [0, 0.05) is 65.6 Å². The Morgan fingerprint density at radius 1 is 1.15 bits per heavy atom. The zero-order chi connectivity index (χ0) is 26.4. The van der Waals surface area contributed by atoms with Crippen LogP contribution < -0.4 is 4.74 Å². The lowest BCUT2D eigenvalue weighted by Gasteiger charge is -2.52. The van der Waals surface area contributed by atoms with Gasteiger partial charge in [-0.25, -0.2) is 9.97 Å². The number of methoxy groups -OCH3 is 1. The number of rotatable bonds is 8. The molecule has 0 radical (unpaired) electrons. The lowest BCUT2D eigenvalue weighted by Crippen LogP contribution is -2.53. The molecule has 0 bridgehead atoms. The summed E-state index contributed by atoms with van der Waals surface area (Å²) in [6.45, 7) is 2.32. The number of imidazole rings is 1. The van der Waals surface area contributed by atoms with E-state index in [1.807, 2.05) is 24.4 Å². The fraction of sp³-hybridized carbons (Fsp3) is 0.500. The highest BCUT2D eigenvalue weighted by molar-refractivity contribution is 7.84. The molecule has 0 N–H and O–H groups in total. The Morgan fingerprint density at radius 2 is 2.03 bits per heavy atom. The minimum Gasteiger partial charge on any atom is -0.494 e. The average Bonchev–Trinajstić information content (AvgIpc) is 3.56. The van der Waals surface area contributed by atoms with E-state index in [2.05, 4.69) is 26.2 Å². The molecule has 8 nitrogen and oxygen atoms in total. The SMILES string of the molecule is COc1cc(C(=O)N2C[C@H]3CC4C[C@@H]2[C@H]43)cc2nc(-c3cc4cccnc4n3CC3CC3)n(CC[S@@](C)=O)c12. The van der Waals surface area contributed by atoms with E-state index in [0.717, 1.165) is 64.9 Å². The lowest BCUT2D eigenvalue weighted by atomic mass is 9.53. The maximum absolute atomic E-state index is 13.8. The number of amides is 1. The van der Waals surface area contributed by atoms with Crippen molar-refractivity contribution in [3.63, 3.8) is 0 Å². The summed E-state index contributed by atoms with van der Waals surface area (Å²) in [7, 11) is 0.682. The fourth-order valence-electron chi connectivity index (χ4n) is 7.52. The summed E-state index contributed by atoms with van der Waals surface area (Å²) >= 11 is 0. The van der Waals surface area contributed by atoms with E-state index < -0.39 is 10.8 Å². The molecule has 1 aliphatic heterocycles. The van der Waals surface area contributed by atoms with Crippen LogP contribution in [0.1, 0.15) is 36.0 Å². The molecular weight excluding hydrogens is 510 g/mol. The lowest BCUT2D eigenvalue weighted by molar-refractivity contribution is -0.0204. The van der Waals surface area contributed by atoms with E-state index in [1.165, 1.54) is 19.3 Å².